The Kier molecular flexibility index (Phi) is 8.24. The van der Waals surface area contributed by atoms with E-state index in [1.54, 1.807) is 0 Å². The third-order valence-corrected chi connectivity index (χ3v) is 10.7. The van der Waals surface area contributed by atoms with Gasteiger partial charge in [0.2, 0.25) is 0 Å². The van der Waals surface area contributed by atoms with E-state index in [0.717, 1.165) is 30.6 Å². The number of unbranched alkanes of at least 4 members (excludes halogenated alkanes) is 2. The zero-order valence-electron chi connectivity index (χ0n) is 20.2. The summed E-state index contributed by atoms with van der Waals surface area (Å²) in [5, 5.41) is 0. The molecule has 0 amide bonds. The molecule has 0 radical (unpaired) electrons. The second-order valence-corrected chi connectivity index (χ2v) is 12.4. The highest BCUT2D eigenvalue weighted by atomic mass is 19.1. The molecule has 0 aliphatic heterocycles. The van der Waals surface area contributed by atoms with E-state index >= 15 is 4.39 Å². The maximum Gasteiger partial charge on any atom is 0.106 e. The molecule has 1 unspecified atom stereocenters. The van der Waals surface area contributed by atoms with Gasteiger partial charge in [0, 0.05) is 5.41 Å². The molecule has 5 saturated carbocycles. The van der Waals surface area contributed by atoms with Crippen molar-refractivity contribution < 1.29 is 4.39 Å². The first-order valence-electron chi connectivity index (χ1n) is 14.3. The molecule has 30 heavy (non-hydrogen) atoms. The van der Waals surface area contributed by atoms with Gasteiger partial charge in [-0.25, -0.2) is 4.39 Å². The van der Waals surface area contributed by atoms with Crippen molar-refractivity contribution in [2.45, 2.75) is 154 Å². The Labute approximate surface area is 187 Å². The van der Waals surface area contributed by atoms with Crippen molar-refractivity contribution in [1.29, 1.82) is 0 Å². The summed E-state index contributed by atoms with van der Waals surface area (Å²) in [4.78, 5) is 0. The van der Waals surface area contributed by atoms with Gasteiger partial charge < -0.3 is 0 Å². The fraction of sp³-hybridized carbons (Fsp3) is 1.00. The van der Waals surface area contributed by atoms with Crippen molar-refractivity contribution in [2.24, 2.45) is 28.6 Å². The molecule has 5 fully saturated rings. The second-order valence-electron chi connectivity index (χ2n) is 12.4. The van der Waals surface area contributed by atoms with Crippen LogP contribution in [-0.4, -0.2) is 6.17 Å². The predicted octanol–water partition coefficient (Wildman–Crippen LogP) is 9.80. The molecule has 0 heterocycles. The Bertz CT molecular complexity index is 472. The second kappa shape index (κ2) is 10.7. The molecule has 0 aromatic carbocycles. The lowest BCUT2D eigenvalue weighted by Gasteiger charge is -2.55. The maximum absolute atomic E-state index is 15.5. The molecule has 0 aromatic rings. The van der Waals surface area contributed by atoms with Gasteiger partial charge in [0.1, 0.15) is 6.17 Å². The first-order valence-corrected chi connectivity index (χ1v) is 14.3. The average Bonchev–Trinajstić information content (AvgIpc) is 2.81. The minimum absolute atomic E-state index is 0.0884. The highest BCUT2D eigenvalue weighted by molar-refractivity contribution is 5.02. The van der Waals surface area contributed by atoms with Crippen LogP contribution in [-0.2, 0) is 0 Å². The third kappa shape index (κ3) is 5.46. The largest absolute Gasteiger partial charge is 0.247 e. The van der Waals surface area contributed by atoms with Crippen LogP contribution < -0.4 is 0 Å². The maximum atomic E-state index is 15.5. The molecule has 5 rings (SSSR count). The highest BCUT2D eigenvalue weighted by Gasteiger charge is 2.51. The molecule has 174 valence electrons. The van der Waals surface area contributed by atoms with E-state index in [1.165, 1.54) is 128 Å². The van der Waals surface area contributed by atoms with Crippen LogP contribution in [0, 0.1) is 28.6 Å². The summed E-state index contributed by atoms with van der Waals surface area (Å²) in [6, 6.07) is 0. The summed E-state index contributed by atoms with van der Waals surface area (Å²) in [6.45, 7) is 2.31. The minimum atomic E-state index is -0.509. The first kappa shape index (κ1) is 23.1. The molecule has 0 nitrogen and oxygen atoms in total. The van der Waals surface area contributed by atoms with Crippen LogP contribution >= 0.6 is 0 Å². The number of hydrogen-bond donors (Lipinski definition) is 0. The number of hydrogen-bond acceptors (Lipinski definition) is 0. The van der Waals surface area contributed by atoms with E-state index in [9.17, 15) is 0 Å². The summed E-state index contributed by atoms with van der Waals surface area (Å²) in [7, 11) is 0. The Hall–Kier alpha value is -0.0700. The molecular formula is C29H51F. The molecule has 1 heteroatoms. The van der Waals surface area contributed by atoms with E-state index < -0.39 is 6.17 Å². The molecule has 0 spiro atoms. The molecule has 2 bridgehead atoms. The first-order chi connectivity index (χ1) is 14.6. The van der Waals surface area contributed by atoms with Gasteiger partial charge in [0.05, 0.1) is 0 Å². The van der Waals surface area contributed by atoms with Gasteiger partial charge in [-0.2, -0.15) is 0 Å². The van der Waals surface area contributed by atoms with Gasteiger partial charge in [-0.3, -0.25) is 0 Å². The van der Waals surface area contributed by atoms with Crippen molar-refractivity contribution in [3.63, 3.8) is 0 Å². The monoisotopic (exact) mass is 418 g/mol. The topological polar surface area (TPSA) is 0 Å². The van der Waals surface area contributed by atoms with Gasteiger partial charge in [0.25, 0.3) is 0 Å². The Morgan fingerprint density at radius 2 is 1.37 bits per heavy atom. The molecule has 0 saturated heterocycles. The van der Waals surface area contributed by atoms with Crippen molar-refractivity contribution in [3.05, 3.63) is 0 Å². The lowest BCUT2D eigenvalue weighted by Crippen LogP contribution is -2.46. The summed E-state index contributed by atoms with van der Waals surface area (Å²) in [6.07, 6.45) is 29.4. The molecule has 1 atom stereocenters. The van der Waals surface area contributed by atoms with Gasteiger partial charge in [-0.15, -0.1) is 0 Å². The smallest absolute Gasteiger partial charge is 0.106 e. The fourth-order valence-electron chi connectivity index (χ4n) is 8.33. The van der Waals surface area contributed by atoms with Gasteiger partial charge in [0.15, 0.2) is 0 Å². The lowest BCUT2D eigenvalue weighted by atomic mass is 9.51. The average molecular weight is 419 g/mol. The quantitative estimate of drug-likeness (QED) is 0.310. The molecule has 0 aromatic heterocycles. The van der Waals surface area contributed by atoms with Crippen LogP contribution in [0.2, 0.25) is 0 Å². The zero-order valence-corrected chi connectivity index (χ0v) is 20.2. The van der Waals surface area contributed by atoms with Crippen molar-refractivity contribution in [2.75, 3.05) is 0 Å². The third-order valence-electron chi connectivity index (χ3n) is 10.7. The standard InChI is InChI=1S/C29H51F/c1-2-3-7-17-28-18-21-29(22-19-28,23-20-28)27(30)12-8-9-24-13-15-26(16-14-24)25-10-5-4-6-11-25/h24-27H,2-23H2,1H3/t24-,26-,27?,28?,29?. The van der Waals surface area contributed by atoms with Gasteiger partial charge >= 0.3 is 0 Å². The van der Waals surface area contributed by atoms with E-state index in [2.05, 4.69) is 6.92 Å². The zero-order chi connectivity index (χ0) is 20.9. The molecule has 5 aliphatic rings. The molecule has 0 N–H and O–H groups in total. The summed E-state index contributed by atoms with van der Waals surface area (Å²) >= 11 is 0. The van der Waals surface area contributed by atoms with Crippen LogP contribution in [0.25, 0.3) is 0 Å². The van der Waals surface area contributed by atoms with Gasteiger partial charge in [-0.1, -0.05) is 84.0 Å². The van der Waals surface area contributed by atoms with Crippen LogP contribution in [0.5, 0.6) is 0 Å². The lowest BCUT2D eigenvalue weighted by molar-refractivity contribution is -0.0656. The SMILES string of the molecule is CCCCCC12CCC(C(F)CCC[C@H]3CC[C@H](C4CCCCC4)CC3)(CC1)CC2. The molecular weight excluding hydrogens is 367 g/mol. The summed E-state index contributed by atoms with van der Waals surface area (Å²) < 4.78 is 15.5. The van der Waals surface area contributed by atoms with E-state index in [0.29, 0.717) is 5.41 Å². The summed E-state index contributed by atoms with van der Waals surface area (Å²) in [5.41, 5.74) is 0.707. The van der Waals surface area contributed by atoms with Crippen molar-refractivity contribution in [1.82, 2.24) is 0 Å². The van der Waals surface area contributed by atoms with Crippen LogP contribution in [0.15, 0.2) is 0 Å². The predicted molar refractivity (Wildman–Crippen MR) is 127 cm³/mol. The van der Waals surface area contributed by atoms with Gasteiger partial charge in [-0.05, 0) is 87.4 Å². The normalized spacial score (nSPS) is 38.6. The number of fused-ring (bicyclic) bond motifs is 3. The Morgan fingerprint density at radius 1 is 0.733 bits per heavy atom. The molecule has 5 aliphatic carbocycles. The number of alkyl halides is 1. The summed E-state index contributed by atoms with van der Waals surface area (Å²) in [5.74, 6) is 3.01. The van der Waals surface area contributed by atoms with Crippen LogP contribution in [0.1, 0.15) is 148 Å². The van der Waals surface area contributed by atoms with Crippen molar-refractivity contribution >= 4 is 0 Å². The van der Waals surface area contributed by atoms with E-state index in [-0.39, 0.29) is 5.41 Å². The highest BCUT2D eigenvalue weighted by Crippen LogP contribution is 2.61. The number of halogens is 1. The Balaban J connectivity index is 1.14. The van der Waals surface area contributed by atoms with E-state index in [4.69, 9.17) is 0 Å². The van der Waals surface area contributed by atoms with Crippen LogP contribution in [0.4, 0.5) is 4.39 Å². The Morgan fingerprint density at radius 3 is 2.00 bits per heavy atom. The fourth-order valence-corrected chi connectivity index (χ4v) is 8.33. The number of rotatable bonds is 10. The van der Waals surface area contributed by atoms with E-state index in [1.807, 2.05) is 0 Å². The minimum Gasteiger partial charge on any atom is -0.247 e. The van der Waals surface area contributed by atoms with Crippen molar-refractivity contribution in [3.8, 4) is 0 Å². The van der Waals surface area contributed by atoms with Crippen LogP contribution in [0.3, 0.4) is 0 Å².